The summed E-state index contributed by atoms with van der Waals surface area (Å²) < 4.78 is 0. The minimum atomic E-state index is 0.533. The number of fused-ring (bicyclic) bond motifs is 1. The van der Waals surface area contributed by atoms with Crippen LogP contribution in [0.25, 0.3) is 10.9 Å². The number of rotatable bonds is 3. The Balaban J connectivity index is 2.52. The first-order valence-electron chi connectivity index (χ1n) is 4.78. The molecule has 3 heteroatoms. The average molecular weight is 220 g/mol. The highest BCUT2D eigenvalue weighted by atomic mass is 35.5. The van der Waals surface area contributed by atoms with Crippen molar-refractivity contribution in [1.82, 2.24) is 4.98 Å². The van der Waals surface area contributed by atoms with Gasteiger partial charge in [-0.05, 0) is 36.2 Å². The number of halogens is 1. The molecule has 0 saturated carbocycles. The van der Waals surface area contributed by atoms with Crippen LogP contribution in [0.3, 0.4) is 0 Å². The first-order chi connectivity index (χ1) is 7.31. The molecule has 1 aromatic heterocycles. The molecule has 0 aliphatic carbocycles. The van der Waals surface area contributed by atoms with Crippen molar-refractivity contribution in [2.24, 2.45) is 0 Å². The van der Waals surface area contributed by atoms with Gasteiger partial charge in [0, 0.05) is 23.0 Å². The van der Waals surface area contributed by atoms with E-state index in [-0.39, 0.29) is 0 Å². The molecule has 0 unspecified atom stereocenters. The Hall–Kier alpha value is -1.41. The Morgan fingerprint density at radius 3 is 3.00 bits per heavy atom. The van der Waals surface area contributed by atoms with Gasteiger partial charge >= 0.3 is 0 Å². The molecule has 2 aromatic rings. The van der Waals surface area contributed by atoms with Crippen LogP contribution in [-0.4, -0.2) is 11.3 Å². The lowest BCUT2D eigenvalue weighted by Crippen LogP contribution is -1.90. The van der Waals surface area contributed by atoms with Crippen molar-refractivity contribution >= 4 is 28.8 Å². The number of aldehydes is 1. The van der Waals surface area contributed by atoms with Crippen molar-refractivity contribution in [3.63, 3.8) is 0 Å². The van der Waals surface area contributed by atoms with Crippen molar-refractivity contribution in [3.8, 4) is 0 Å². The largest absolute Gasteiger partial charge is 0.303 e. The van der Waals surface area contributed by atoms with Crippen LogP contribution in [0, 0.1) is 0 Å². The molecule has 0 aliphatic rings. The third kappa shape index (κ3) is 2.16. The van der Waals surface area contributed by atoms with Crippen LogP contribution in [0.2, 0.25) is 5.02 Å². The zero-order chi connectivity index (χ0) is 10.7. The van der Waals surface area contributed by atoms with E-state index in [0.717, 1.165) is 29.2 Å². The van der Waals surface area contributed by atoms with Crippen molar-refractivity contribution in [2.75, 3.05) is 0 Å². The molecule has 76 valence electrons. The summed E-state index contributed by atoms with van der Waals surface area (Å²) in [6.07, 6.45) is 3.96. The van der Waals surface area contributed by atoms with Crippen LogP contribution in [0.5, 0.6) is 0 Å². The summed E-state index contributed by atoms with van der Waals surface area (Å²) in [5, 5.41) is 1.73. The van der Waals surface area contributed by atoms with E-state index in [9.17, 15) is 4.79 Å². The van der Waals surface area contributed by atoms with E-state index >= 15 is 0 Å². The Morgan fingerprint density at radius 2 is 2.20 bits per heavy atom. The highest BCUT2D eigenvalue weighted by Gasteiger charge is 2.02. The molecular weight excluding hydrogens is 210 g/mol. The molecule has 0 saturated heterocycles. The lowest BCUT2D eigenvalue weighted by molar-refractivity contribution is -0.107. The van der Waals surface area contributed by atoms with Gasteiger partial charge in [0.05, 0.1) is 5.52 Å². The molecule has 0 atom stereocenters. The van der Waals surface area contributed by atoms with E-state index < -0.39 is 0 Å². The third-order valence-corrected chi connectivity index (χ3v) is 2.56. The van der Waals surface area contributed by atoms with Gasteiger partial charge in [0.15, 0.2) is 0 Å². The minimum Gasteiger partial charge on any atom is -0.303 e. The van der Waals surface area contributed by atoms with Gasteiger partial charge in [0.2, 0.25) is 0 Å². The number of benzene rings is 1. The highest BCUT2D eigenvalue weighted by molar-refractivity contribution is 6.31. The molecule has 0 N–H and O–H groups in total. The molecule has 0 fully saturated rings. The molecule has 15 heavy (non-hydrogen) atoms. The predicted octanol–water partition coefficient (Wildman–Crippen LogP) is 3.02. The Labute approximate surface area is 92.9 Å². The number of aromatic nitrogens is 1. The number of hydrogen-bond donors (Lipinski definition) is 0. The first kappa shape index (κ1) is 10.1. The SMILES string of the molecule is O=CCCc1ccnc2ccc(Cl)cc12. The predicted molar refractivity (Wildman–Crippen MR) is 61.1 cm³/mol. The maximum atomic E-state index is 10.3. The van der Waals surface area contributed by atoms with E-state index in [1.54, 1.807) is 6.20 Å². The number of aryl methyl sites for hydroxylation is 1. The summed E-state index contributed by atoms with van der Waals surface area (Å²) in [5.74, 6) is 0. The normalized spacial score (nSPS) is 10.5. The maximum absolute atomic E-state index is 10.3. The van der Waals surface area contributed by atoms with Crippen molar-refractivity contribution in [1.29, 1.82) is 0 Å². The van der Waals surface area contributed by atoms with Crippen molar-refractivity contribution < 1.29 is 4.79 Å². The lowest BCUT2D eigenvalue weighted by Gasteiger charge is -2.04. The number of hydrogen-bond acceptors (Lipinski definition) is 2. The summed E-state index contributed by atoms with van der Waals surface area (Å²) in [7, 11) is 0. The molecule has 2 nitrogen and oxygen atoms in total. The smallest absolute Gasteiger partial charge is 0.120 e. The maximum Gasteiger partial charge on any atom is 0.120 e. The van der Waals surface area contributed by atoms with Crippen LogP contribution in [-0.2, 0) is 11.2 Å². The number of pyridine rings is 1. The molecule has 2 rings (SSSR count). The Bertz CT molecular complexity index is 496. The molecule has 0 amide bonds. The molecular formula is C12H10ClNO. The summed E-state index contributed by atoms with van der Waals surface area (Å²) in [6.45, 7) is 0. The standard InChI is InChI=1S/C12H10ClNO/c13-10-3-4-12-11(8-10)9(2-1-7-15)5-6-14-12/h3-8H,1-2H2. The second kappa shape index (κ2) is 4.41. The molecule has 0 bridgehead atoms. The topological polar surface area (TPSA) is 30.0 Å². The monoisotopic (exact) mass is 219 g/mol. The summed E-state index contributed by atoms with van der Waals surface area (Å²) >= 11 is 5.93. The van der Waals surface area contributed by atoms with Gasteiger partial charge in [-0.1, -0.05) is 11.6 Å². The second-order valence-corrected chi connectivity index (χ2v) is 3.77. The molecule has 0 radical (unpaired) electrons. The summed E-state index contributed by atoms with van der Waals surface area (Å²) in [4.78, 5) is 14.6. The van der Waals surface area contributed by atoms with Gasteiger partial charge in [0.25, 0.3) is 0 Å². The third-order valence-electron chi connectivity index (χ3n) is 2.33. The molecule has 0 spiro atoms. The number of nitrogens with zero attached hydrogens (tertiary/aromatic N) is 1. The fourth-order valence-corrected chi connectivity index (χ4v) is 1.78. The van der Waals surface area contributed by atoms with E-state index in [4.69, 9.17) is 11.6 Å². The van der Waals surface area contributed by atoms with Gasteiger partial charge in [-0.2, -0.15) is 0 Å². The second-order valence-electron chi connectivity index (χ2n) is 3.34. The fourth-order valence-electron chi connectivity index (χ4n) is 1.61. The van der Waals surface area contributed by atoms with E-state index in [1.165, 1.54) is 0 Å². The summed E-state index contributed by atoms with van der Waals surface area (Å²) in [5.41, 5.74) is 2.04. The fraction of sp³-hybridized carbons (Fsp3) is 0.167. The van der Waals surface area contributed by atoms with Crippen molar-refractivity contribution in [3.05, 3.63) is 41.0 Å². The van der Waals surface area contributed by atoms with Gasteiger partial charge < -0.3 is 4.79 Å². The number of carbonyl (C=O) groups excluding carboxylic acids is 1. The van der Waals surface area contributed by atoms with E-state index in [1.807, 2.05) is 24.3 Å². The van der Waals surface area contributed by atoms with Crippen LogP contribution >= 0.6 is 11.6 Å². The van der Waals surface area contributed by atoms with E-state index in [2.05, 4.69) is 4.98 Å². The van der Waals surface area contributed by atoms with Crippen LogP contribution in [0.1, 0.15) is 12.0 Å². The summed E-state index contributed by atoms with van der Waals surface area (Å²) in [6, 6.07) is 7.54. The van der Waals surface area contributed by atoms with Crippen LogP contribution < -0.4 is 0 Å². The molecule has 0 aliphatic heterocycles. The van der Waals surface area contributed by atoms with Crippen LogP contribution in [0.4, 0.5) is 0 Å². The van der Waals surface area contributed by atoms with Crippen LogP contribution in [0.15, 0.2) is 30.5 Å². The first-order valence-corrected chi connectivity index (χ1v) is 5.16. The van der Waals surface area contributed by atoms with Gasteiger partial charge in [-0.15, -0.1) is 0 Å². The Morgan fingerprint density at radius 1 is 1.33 bits per heavy atom. The molecule has 1 heterocycles. The molecule has 1 aromatic carbocycles. The van der Waals surface area contributed by atoms with Crippen molar-refractivity contribution in [2.45, 2.75) is 12.8 Å². The average Bonchev–Trinajstić information content (AvgIpc) is 2.26. The minimum absolute atomic E-state index is 0.533. The van der Waals surface area contributed by atoms with E-state index in [0.29, 0.717) is 11.4 Å². The quantitative estimate of drug-likeness (QED) is 0.743. The lowest BCUT2D eigenvalue weighted by atomic mass is 10.1. The number of carbonyl (C=O) groups is 1. The highest BCUT2D eigenvalue weighted by Crippen LogP contribution is 2.21. The Kier molecular flexibility index (Phi) is 2.97. The van der Waals surface area contributed by atoms with Gasteiger partial charge in [-0.3, -0.25) is 4.98 Å². The van der Waals surface area contributed by atoms with Gasteiger partial charge in [-0.25, -0.2) is 0 Å². The van der Waals surface area contributed by atoms with Gasteiger partial charge in [0.1, 0.15) is 6.29 Å². The zero-order valence-electron chi connectivity index (χ0n) is 8.11. The zero-order valence-corrected chi connectivity index (χ0v) is 8.87.